The van der Waals surface area contributed by atoms with Crippen LogP contribution in [0.2, 0.25) is 0 Å². The standard InChI is InChI=1S/C8H11N3S/c1-3-10-7-4-6(9)5-11-8(7)12-2/h3-5H,9H2,1-2H3. The maximum Gasteiger partial charge on any atom is 0.122 e. The summed E-state index contributed by atoms with van der Waals surface area (Å²) in [5, 5.41) is 0.905. The minimum atomic E-state index is 0.647. The van der Waals surface area contributed by atoms with Crippen molar-refractivity contribution in [3.05, 3.63) is 12.3 Å². The summed E-state index contributed by atoms with van der Waals surface area (Å²) in [5.74, 6) is 0. The summed E-state index contributed by atoms with van der Waals surface area (Å²) >= 11 is 1.56. The number of nitrogen functional groups attached to an aromatic ring is 1. The lowest BCUT2D eigenvalue weighted by Crippen LogP contribution is -1.87. The molecule has 1 heterocycles. The molecule has 0 aromatic carbocycles. The van der Waals surface area contributed by atoms with E-state index in [4.69, 9.17) is 5.73 Å². The third kappa shape index (κ3) is 1.98. The Morgan fingerprint density at radius 1 is 1.67 bits per heavy atom. The molecule has 0 fully saturated rings. The van der Waals surface area contributed by atoms with Gasteiger partial charge >= 0.3 is 0 Å². The van der Waals surface area contributed by atoms with Crippen LogP contribution in [0.4, 0.5) is 11.4 Å². The molecule has 0 radical (unpaired) electrons. The van der Waals surface area contributed by atoms with Crippen molar-refractivity contribution in [3.8, 4) is 0 Å². The summed E-state index contributed by atoms with van der Waals surface area (Å²) in [7, 11) is 0. The largest absolute Gasteiger partial charge is 0.397 e. The zero-order valence-corrected chi connectivity index (χ0v) is 7.93. The molecule has 0 aliphatic carbocycles. The third-order valence-electron chi connectivity index (χ3n) is 1.31. The summed E-state index contributed by atoms with van der Waals surface area (Å²) in [5.41, 5.74) is 7.05. The molecule has 1 rings (SSSR count). The predicted molar refractivity (Wildman–Crippen MR) is 54.3 cm³/mol. The predicted octanol–water partition coefficient (Wildman–Crippen LogP) is 2.11. The third-order valence-corrected chi connectivity index (χ3v) is 2.02. The number of rotatable bonds is 2. The average Bonchev–Trinajstić information content (AvgIpc) is 2.05. The van der Waals surface area contributed by atoms with Gasteiger partial charge in [-0.2, -0.15) is 0 Å². The Kier molecular flexibility index (Phi) is 3.10. The first-order valence-electron chi connectivity index (χ1n) is 3.56. The second-order valence-corrected chi connectivity index (χ2v) is 2.98. The van der Waals surface area contributed by atoms with Gasteiger partial charge in [0.25, 0.3) is 0 Å². The molecule has 0 saturated carbocycles. The molecule has 64 valence electrons. The van der Waals surface area contributed by atoms with Crippen LogP contribution in [0.1, 0.15) is 6.92 Å². The smallest absolute Gasteiger partial charge is 0.122 e. The fourth-order valence-electron chi connectivity index (χ4n) is 0.845. The van der Waals surface area contributed by atoms with Crippen LogP contribution in [0.3, 0.4) is 0 Å². The molecule has 2 N–H and O–H groups in total. The van der Waals surface area contributed by atoms with Crippen LogP contribution in [0.15, 0.2) is 22.3 Å². The summed E-state index contributed by atoms with van der Waals surface area (Å²) in [6.07, 6.45) is 5.34. The zero-order chi connectivity index (χ0) is 8.97. The van der Waals surface area contributed by atoms with Crippen molar-refractivity contribution < 1.29 is 0 Å². The molecule has 0 saturated heterocycles. The second kappa shape index (κ2) is 4.11. The number of nitrogens with two attached hydrogens (primary N) is 1. The molecular formula is C8H11N3S. The van der Waals surface area contributed by atoms with E-state index in [9.17, 15) is 0 Å². The number of thioether (sulfide) groups is 1. The van der Waals surface area contributed by atoms with Crippen LogP contribution in [0, 0.1) is 0 Å². The fourth-order valence-corrected chi connectivity index (χ4v) is 1.32. The van der Waals surface area contributed by atoms with Gasteiger partial charge in [0.1, 0.15) is 5.03 Å². The average molecular weight is 181 g/mol. The zero-order valence-electron chi connectivity index (χ0n) is 7.11. The Morgan fingerprint density at radius 2 is 2.42 bits per heavy atom. The molecule has 0 bridgehead atoms. The monoisotopic (exact) mass is 181 g/mol. The van der Waals surface area contributed by atoms with Gasteiger partial charge in [-0.1, -0.05) is 0 Å². The van der Waals surface area contributed by atoms with E-state index in [2.05, 4.69) is 9.98 Å². The number of nitrogens with zero attached hydrogens (tertiary/aromatic N) is 2. The van der Waals surface area contributed by atoms with Gasteiger partial charge in [-0.05, 0) is 19.2 Å². The molecule has 1 aromatic heterocycles. The molecule has 0 aliphatic rings. The van der Waals surface area contributed by atoms with Gasteiger partial charge < -0.3 is 5.73 Å². The number of pyridine rings is 1. The lowest BCUT2D eigenvalue weighted by molar-refractivity contribution is 1.13. The molecule has 0 aliphatic heterocycles. The molecule has 0 atom stereocenters. The van der Waals surface area contributed by atoms with Crippen molar-refractivity contribution in [1.29, 1.82) is 0 Å². The number of hydrogen-bond acceptors (Lipinski definition) is 4. The van der Waals surface area contributed by atoms with Crippen molar-refractivity contribution >= 4 is 29.4 Å². The minimum absolute atomic E-state index is 0.647. The molecule has 1 aromatic rings. The van der Waals surface area contributed by atoms with E-state index >= 15 is 0 Å². The van der Waals surface area contributed by atoms with E-state index in [1.54, 1.807) is 24.2 Å². The maximum absolute atomic E-state index is 5.57. The quantitative estimate of drug-likeness (QED) is 0.561. The van der Waals surface area contributed by atoms with Gasteiger partial charge in [-0.25, -0.2) is 4.98 Å². The highest BCUT2D eigenvalue weighted by atomic mass is 32.2. The van der Waals surface area contributed by atoms with Crippen LogP contribution in [-0.2, 0) is 0 Å². The van der Waals surface area contributed by atoms with Gasteiger partial charge in [0.05, 0.1) is 17.6 Å². The molecule has 4 heteroatoms. The van der Waals surface area contributed by atoms with Gasteiger partial charge in [0, 0.05) is 6.21 Å². The Hall–Kier alpha value is -1.03. The maximum atomic E-state index is 5.57. The Bertz CT molecular complexity index is 296. The van der Waals surface area contributed by atoms with E-state index in [1.807, 2.05) is 19.2 Å². The number of anilines is 1. The molecule has 3 nitrogen and oxygen atoms in total. The van der Waals surface area contributed by atoms with E-state index in [0.717, 1.165) is 10.7 Å². The fraction of sp³-hybridized carbons (Fsp3) is 0.250. The Labute approximate surface area is 76.1 Å². The van der Waals surface area contributed by atoms with Crippen molar-refractivity contribution in [2.45, 2.75) is 11.9 Å². The molecular weight excluding hydrogens is 170 g/mol. The Balaban J connectivity index is 3.12. The SMILES string of the molecule is CC=Nc1cc(N)cnc1SC. The first kappa shape index (κ1) is 9.06. The lowest BCUT2D eigenvalue weighted by Gasteiger charge is -2.01. The van der Waals surface area contributed by atoms with Crippen molar-refractivity contribution in [2.24, 2.45) is 4.99 Å². The number of hydrogen-bond donors (Lipinski definition) is 1. The number of aromatic nitrogens is 1. The molecule has 0 spiro atoms. The van der Waals surface area contributed by atoms with Gasteiger partial charge in [-0.3, -0.25) is 4.99 Å². The first-order valence-corrected chi connectivity index (χ1v) is 4.78. The number of aliphatic imine (C=N–C) groups is 1. The van der Waals surface area contributed by atoms with Crippen molar-refractivity contribution in [2.75, 3.05) is 12.0 Å². The van der Waals surface area contributed by atoms with E-state index in [1.165, 1.54) is 0 Å². The van der Waals surface area contributed by atoms with Crippen LogP contribution in [0.5, 0.6) is 0 Å². The summed E-state index contributed by atoms with van der Waals surface area (Å²) in [4.78, 5) is 8.29. The van der Waals surface area contributed by atoms with Gasteiger partial charge in [0.15, 0.2) is 0 Å². The summed E-state index contributed by atoms with van der Waals surface area (Å²) < 4.78 is 0. The normalized spacial score (nSPS) is 10.8. The summed E-state index contributed by atoms with van der Waals surface area (Å²) in [6, 6.07) is 1.82. The lowest BCUT2D eigenvalue weighted by atomic mass is 10.4. The summed E-state index contributed by atoms with van der Waals surface area (Å²) in [6.45, 7) is 1.87. The van der Waals surface area contributed by atoms with Gasteiger partial charge in [-0.15, -0.1) is 11.8 Å². The van der Waals surface area contributed by atoms with E-state index < -0.39 is 0 Å². The molecule has 12 heavy (non-hydrogen) atoms. The van der Waals surface area contributed by atoms with Crippen LogP contribution in [0.25, 0.3) is 0 Å². The highest BCUT2D eigenvalue weighted by Gasteiger charge is 2.00. The van der Waals surface area contributed by atoms with Crippen molar-refractivity contribution in [3.63, 3.8) is 0 Å². The van der Waals surface area contributed by atoms with Gasteiger partial charge in [0.2, 0.25) is 0 Å². The molecule has 0 unspecified atom stereocenters. The van der Waals surface area contributed by atoms with Crippen LogP contribution < -0.4 is 5.73 Å². The van der Waals surface area contributed by atoms with Crippen LogP contribution >= 0.6 is 11.8 Å². The topological polar surface area (TPSA) is 51.3 Å². The van der Waals surface area contributed by atoms with Crippen LogP contribution in [-0.4, -0.2) is 17.5 Å². The minimum Gasteiger partial charge on any atom is -0.397 e. The second-order valence-electron chi connectivity index (χ2n) is 2.18. The van der Waals surface area contributed by atoms with E-state index in [-0.39, 0.29) is 0 Å². The molecule has 0 amide bonds. The highest BCUT2D eigenvalue weighted by Crippen LogP contribution is 2.26. The first-order chi connectivity index (χ1) is 5.77. The van der Waals surface area contributed by atoms with E-state index in [0.29, 0.717) is 5.69 Å². The highest BCUT2D eigenvalue weighted by molar-refractivity contribution is 7.98. The Morgan fingerprint density at radius 3 is 3.00 bits per heavy atom. The van der Waals surface area contributed by atoms with Crippen molar-refractivity contribution in [1.82, 2.24) is 4.98 Å².